The molecule has 344 valence electrons. The lowest BCUT2D eigenvalue weighted by molar-refractivity contribution is 1.23. The van der Waals surface area contributed by atoms with Gasteiger partial charge in [0.2, 0.25) is 0 Å². The van der Waals surface area contributed by atoms with Crippen LogP contribution < -0.4 is 0 Å². The molecule has 16 aromatic rings. The van der Waals surface area contributed by atoms with Gasteiger partial charge in [0.15, 0.2) is 11.6 Å². The molecule has 0 N–H and O–H groups in total. The maximum Gasteiger partial charge on any atom is 0.160 e. The first-order valence-corrected chi connectivity index (χ1v) is 26.5. The summed E-state index contributed by atoms with van der Waals surface area (Å²) < 4.78 is 5.29. The van der Waals surface area contributed by atoms with Crippen LogP contribution in [-0.2, 0) is 0 Å². The third-order valence-corrected chi connectivity index (χ3v) is 16.8. The first-order valence-electron chi connectivity index (χ1n) is 24.9. The number of rotatable bonds is 4. The van der Waals surface area contributed by atoms with E-state index in [0.717, 1.165) is 72.5 Å². The molecule has 0 amide bonds. The molecule has 0 aliphatic carbocycles. The van der Waals surface area contributed by atoms with Crippen molar-refractivity contribution < 1.29 is 0 Å². The van der Waals surface area contributed by atoms with E-state index in [1.165, 1.54) is 78.0 Å². The van der Waals surface area contributed by atoms with Crippen LogP contribution in [-0.4, -0.2) is 19.9 Å². The van der Waals surface area contributed by atoms with Gasteiger partial charge in [-0.3, -0.25) is 0 Å². The number of nitrogens with zero attached hydrogens (tertiary/aromatic N) is 4. The summed E-state index contributed by atoms with van der Waals surface area (Å²) in [7, 11) is 0. The number of aromatic nitrogens is 4. The summed E-state index contributed by atoms with van der Waals surface area (Å²) >= 11 is 3.71. The smallest absolute Gasteiger partial charge is 0.160 e. The molecule has 0 atom stereocenters. The van der Waals surface area contributed by atoms with Crippen molar-refractivity contribution in [3.05, 3.63) is 243 Å². The monoisotopic (exact) mass is 976 g/mol. The molecule has 0 aliphatic heterocycles. The third kappa shape index (κ3) is 7.02. The Hall–Kier alpha value is -9.20. The molecule has 4 aromatic heterocycles. The van der Waals surface area contributed by atoms with E-state index in [0.29, 0.717) is 0 Å². The zero-order valence-electron chi connectivity index (χ0n) is 39.7. The molecular weight excluding hydrogens is 937 g/mol. The van der Waals surface area contributed by atoms with Crippen LogP contribution in [0.25, 0.3) is 151 Å². The van der Waals surface area contributed by atoms with Crippen LogP contribution in [0.15, 0.2) is 243 Å². The molecule has 16 rings (SSSR count). The Balaban J connectivity index is 0.000000131. The van der Waals surface area contributed by atoms with Crippen molar-refractivity contribution in [3.8, 4) is 45.3 Å². The average Bonchev–Trinajstić information content (AvgIpc) is 4.06. The van der Waals surface area contributed by atoms with Crippen LogP contribution in [0, 0.1) is 0 Å². The fraction of sp³-hybridized carbons (Fsp3) is 0. The molecule has 0 aliphatic rings. The minimum absolute atomic E-state index is 0.749. The zero-order chi connectivity index (χ0) is 48.7. The highest BCUT2D eigenvalue weighted by Crippen LogP contribution is 2.42. The normalized spacial score (nSPS) is 11.8. The van der Waals surface area contributed by atoms with Crippen LogP contribution in [0.1, 0.15) is 0 Å². The molecule has 12 aromatic carbocycles. The van der Waals surface area contributed by atoms with Gasteiger partial charge in [-0.15, -0.1) is 22.7 Å². The van der Waals surface area contributed by atoms with E-state index in [4.69, 9.17) is 19.9 Å². The van der Waals surface area contributed by atoms with E-state index in [2.05, 4.69) is 231 Å². The summed E-state index contributed by atoms with van der Waals surface area (Å²) in [6.45, 7) is 0. The Labute approximate surface area is 433 Å². The lowest BCUT2D eigenvalue weighted by atomic mass is 9.99. The van der Waals surface area contributed by atoms with Crippen LogP contribution in [0.2, 0.25) is 0 Å². The van der Waals surface area contributed by atoms with E-state index in [-0.39, 0.29) is 0 Å². The van der Waals surface area contributed by atoms with E-state index >= 15 is 0 Å². The number of hydrogen-bond acceptors (Lipinski definition) is 6. The molecule has 4 heterocycles. The highest BCUT2D eigenvalue weighted by atomic mass is 32.1. The van der Waals surface area contributed by atoms with Gasteiger partial charge in [0.1, 0.15) is 0 Å². The first-order chi connectivity index (χ1) is 36.7. The van der Waals surface area contributed by atoms with Gasteiger partial charge in [0, 0.05) is 78.8 Å². The molecule has 0 unspecified atom stereocenters. The van der Waals surface area contributed by atoms with Gasteiger partial charge >= 0.3 is 0 Å². The summed E-state index contributed by atoms with van der Waals surface area (Å²) in [5.41, 5.74) is 8.13. The Morgan fingerprint density at radius 2 is 0.689 bits per heavy atom. The maximum atomic E-state index is 5.19. The molecule has 0 spiro atoms. The van der Waals surface area contributed by atoms with Gasteiger partial charge < -0.3 is 0 Å². The van der Waals surface area contributed by atoms with E-state index in [9.17, 15) is 0 Å². The van der Waals surface area contributed by atoms with Gasteiger partial charge in [-0.2, -0.15) is 0 Å². The predicted octanol–water partition coefficient (Wildman–Crippen LogP) is 19.3. The van der Waals surface area contributed by atoms with Gasteiger partial charge in [0.25, 0.3) is 0 Å². The van der Waals surface area contributed by atoms with Crippen LogP contribution >= 0.6 is 22.7 Å². The fourth-order valence-corrected chi connectivity index (χ4v) is 13.3. The van der Waals surface area contributed by atoms with Crippen molar-refractivity contribution in [3.63, 3.8) is 0 Å². The molecule has 0 radical (unpaired) electrons. The maximum absolute atomic E-state index is 5.19. The van der Waals surface area contributed by atoms with Gasteiger partial charge in [-0.05, 0) is 86.2 Å². The van der Waals surface area contributed by atoms with Gasteiger partial charge in [0.05, 0.1) is 22.4 Å². The summed E-state index contributed by atoms with van der Waals surface area (Å²) in [4.78, 5) is 20.6. The number of thiophene rings is 2. The summed E-state index contributed by atoms with van der Waals surface area (Å²) in [6, 6.07) is 86.0. The minimum atomic E-state index is 0.749. The average molecular weight is 977 g/mol. The van der Waals surface area contributed by atoms with Crippen LogP contribution in [0.3, 0.4) is 0 Å². The highest BCUT2D eigenvalue weighted by molar-refractivity contribution is 7.26. The number of fused-ring (bicyclic) bond motifs is 16. The second-order valence-corrected chi connectivity index (χ2v) is 21.0. The van der Waals surface area contributed by atoms with E-state index in [1.807, 2.05) is 34.8 Å². The number of hydrogen-bond donors (Lipinski definition) is 0. The molecule has 74 heavy (non-hydrogen) atoms. The quantitative estimate of drug-likeness (QED) is 0.165. The SMILES string of the molecule is c1ccc(-c2nc(-c3ccc4c(ccc5sc6ccccc6c54)c3)nc3c2ccc2ccccc23)cc1.c1ccc(-c2nc(-c3ccc4c(ccc5sc6ccccc6c54)c3)nc3ccc4ccccc4c23)cc1. The van der Waals surface area contributed by atoms with Gasteiger partial charge in [-0.25, -0.2) is 19.9 Å². The summed E-state index contributed by atoms with van der Waals surface area (Å²) in [6.07, 6.45) is 0. The lowest BCUT2D eigenvalue weighted by Crippen LogP contribution is -1.96. The standard InChI is InChI=1S/2C34H20N2S/c1-2-9-22(10-3-1)32-28-18-14-21-8-4-5-11-26(21)33(28)36-34(35-32)24-15-17-25-23(20-24)16-19-30-31(25)27-12-6-7-13-29(27)37-30;1-2-9-22(10-3-1)33-32-25-11-5-4-8-21(25)15-18-28(32)35-34(36-33)24-14-17-26-23(20-24)16-19-30-31(26)27-12-6-7-13-29(27)37-30/h2*1-20H. The molecule has 0 fully saturated rings. The summed E-state index contributed by atoms with van der Waals surface area (Å²) in [5.74, 6) is 1.50. The lowest BCUT2D eigenvalue weighted by Gasteiger charge is -2.12. The van der Waals surface area contributed by atoms with E-state index < -0.39 is 0 Å². The molecule has 0 saturated carbocycles. The Morgan fingerprint density at radius 1 is 0.243 bits per heavy atom. The Morgan fingerprint density at radius 3 is 1.31 bits per heavy atom. The van der Waals surface area contributed by atoms with Crippen molar-refractivity contribution in [2.24, 2.45) is 0 Å². The molecule has 4 nitrogen and oxygen atoms in total. The molecule has 0 bridgehead atoms. The fourth-order valence-electron chi connectivity index (χ4n) is 11.0. The predicted molar refractivity (Wildman–Crippen MR) is 317 cm³/mol. The molecule has 6 heteroatoms. The second-order valence-electron chi connectivity index (χ2n) is 18.8. The zero-order valence-corrected chi connectivity index (χ0v) is 41.3. The Kier molecular flexibility index (Phi) is 9.90. The largest absolute Gasteiger partial charge is 0.228 e. The Bertz CT molecular complexity index is 4910. The third-order valence-electron chi connectivity index (χ3n) is 14.5. The van der Waals surface area contributed by atoms with Crippen molar-refractivity contribution in [1.82, 2.24) is 19.9 Å². The summed E-state index contributed by atoms with van der Waals surface area (Å²) in [5, 5.41) is 17.1. The second kappa shape index (κ2) is 17.2. The molecular formula is C68H40N4S2. The first kappa shape index (κ1) is 42.5. The minimum Gasteiger partial charge on any atom is -0.228 e. The van der Waals surface area contributed by atoms with Crippen molar-refractivity contribution in [2.75, 3.05) is 0 Å². The highest BCUT2D eigenvalue weighted by Gasteiger charge is 2.18. The van der Waals surface area contributed by atoms with Crippen LogP contribution in [0.4, 0.5) is 0 Å². The molecule has 0 saturated heterocycles. The van der Waals surface area contributed by atoms with Gasteiger partial charge in [-0.1, -0.05) is 194 Å². The van der Waals surface area contributed by atoms with Crippen molar-refractivity contribution in [2.45, 2.75) is 0 Å². The van der Waals surface area contributed by atoms with Crippen molar-refractivity contribution >= 4 is 128 Å². The van der Waals surface area contributed by atoms with Crippen LogP contribution in [0.5, 0.6) is 0 Å². The topological polar surface area (TPSA) is 51.6 Å². The van der Waals surface area contributed by atoms with Crippen molar-refractivity contribution in [1.29, 1.82) is 0 Å². The number of benzene rings is 12. The van der Waals surface area contributed by atoms with E-state index in [1.54, 1.807) is 0 Å².